The molecule has 0 radical (unpaired) electrons. The molecule has 3 N–H and O–H groups in total. The van der Waals surface area contributed by atoms with E-state index in [1.54, 1.807) is 18.2 Å². The van der Waals surface area contributed by atoms with Crippen LogP contribution >= 0.6 is 0 Å². The molecule has 3 rings (SSSR count). The number of fused-ring (bicyclic) bond motifs is 1. The lowest BCUT2D eigenvalue weighted by Gasteiger charge is -2.05. The first kappa shape index (κ1) is 14.2. The van der Waals surface area contributed by atoms with Gasteiger partial charge in [0.15, 0.2) is 21.3 Å². The number of hydrogen-bond donors (Lipinski definition) is 2. The monoisotopic (exact) mass is 313 g/mol. The van der Waals surface area contributed by atoms with Crippen LogP contribution in [0.1, 0.15) is 18.4 Å². The van der Waals surface area contributed by atoms with Crippen molar-refractivity contribution in [3.63, 3.8) is 0 Å². The maximum absolute atomic E-state index is 12.1. The average molecular weight is 313 g/mol. The Hall–Kier alpha value is -1.80. The molecule has 0 bridgehead atoms. The molecular formula is C13H15NO6S. The van der Waals surface area contributed by atoms with Crippen molar-refractivity contribution in [2.24, 2.45) is 5.73 Å². The van der Waals surface area contributed by atoms with E-state index in [4.69, 9.17) is 15.2 Å². The number of carboxylic acids is 1. The fourth-order valence-electron chi connectivity index (χ4n) is 2.87. The maximum Gasteiger partial charge on any atom is 0.325 e. The number of aliphatic carboxylic acids is 1. The molecule has 0 saturated heterocycles. The molecule has 114 valence electrons. The van der Waals surface area contributed by atoms with Crippen molar-refractivity contribution in [1.82, 2.24) is 0 Å². The highest BCUT2D eigenvalue weighted by Gasteiger charge is 2.73. The number of nitrogens with two attached hydrogens (primary N) is 1. The van der Waals surface area contributed by atoms with E-state index in [-0.39, 0.29) is 12.5 Å². The number of carboxylic acid groups (broad SMARTS) is 1. The van der Waals surface area contributed by atoms with Crippen molar-refractivity contribution in [2.45, 2.75) is 23.6 Å². The van der Waals surface area contributed by atoms with Crippen LogP contribution in [-0.2, 0) is 14.6 Å². The van der Waals surface area contributed by atoms with E-state index in [9.17, 15) is 18.3 Å². The number of hydrogen-bond acceptors (Lipinski definition) is 6. The Balaban J connectivity index is 2.03. The summed E-state index contributed by atoms with van der Waals surface area (Å²) < 4.78 is 34.6. The molecule has 1 aliphatic heterocycles. The Labute approximate surface area is 121 Å². The summed E-state index contributed by atoms with van der Waals surface area (Å²) in [7, 11) is -3.57. The van der Waals surface area contributed by atoms with Crippen molar-refractivity contribution in [3.05, 3.63) is 23.8 Å². The summed E-state index contributed by atoms with van der Waals surface area (Å²) in [6.45, 7) is 1.57. The van der Waals surface area contributed by atoms with Gasteiger partial charge < -0.3 is 20.3 Å². The van der Waals surface area contributed by atoms with Crippen LogP contribution in [0.2, 0.25) is 0 Å². The first-order chi connectivity index (χ1) is 9.82. The normalized spacial score (nSPS) is 30.2. The molecule has 1 aromatic carbocycles. The fourth-order valence-corrected chi connectivity index (χ4v) is 4.79. The van der Waals surface area contributed by atoms with Crippen molar-refractivity contribution in [1.29, 1.82) is 0 Å². The summed E-state index contributed by atoms with van der Waals surface area (Å²) in [5.74, 6) is -1.22. The van der Waals surface area contributed by atoms with Crippen molar-refractivity contribution < 1.29 is 27.8 Å². The van der Waals surface area contributed by atoms with Crippen LogP contribution in [0.25, 0.3) is 0 Å². The van der Waals surface area contributed by atoms with Crippen LogP contribution in [0, 0.1) is 0 Å². The van der Waals surface area contributed by atoms with Gasteiger partial charge in [-0.05, 0) is 17.7 Å². The van der Waals surface area contributed by atoms with Crippen LogP contribution in [0.3, 0.4) is 0 Å². The van der Waals surface area contributed by atoms with E-state index in [0.717, 1.165) is 0 Å². The van der Waals surface area contributed by atoms with Crippen LogP contribution in [0.4, 0.5) is 0 Å². The Morgan fingerprint density at radius 1 is 1.43 bits per heavy atom. The van der Waals surface area contributed by atoms with Crippen molar-refractivity contribution in [2.75, 3.05) is 12.5 Å². The quantitative estimate of drug-likeness (QED) is 0.809. The van der Waals surface area contributed by atoms with Gasteiger partial charge in [-0.1, -0.05) is 13.0 Å². The van der Waals surface area contributed by atoms with Gasteiger partial charge in [0.1, 0.15) is 5.54 Å². The molecule has 1 aromatic rings. The summed E-state index contributed by atoms with van der Waals surface area (Å²) in [6, 6.07) is 4.87. The molecule has 3 atom stereocenters. The van der Waals surface area contributed by atoms with Gasteiger partial charge in [-0.3, -0.25) is 4.79 Å². The second-order valence-corrected chi connectivity index (χ2v) is 7.61. The predicted molar refractivity (Wildman–Crippen MR) is 73.1 cm³/mol. The molecule has 0 amide bonds. The highest BCUT2D eigenvalue weighted by molar-refractivity contribution is 7.92. The molecule has 1 aliphatic carbocycles. The number of benzene rings is 1. The fraction of sp³-hybridized carbons (Fsp3) is 0.462. The lowest BCUT2D eigenvalue weighted by Crippen LogP contribution is -2.40. The summed E-state index contributed by atoms with van der Waals surface area (Å²) in [5, 5.41) is 8.20. The van der Waals surface area contributed by atoms with E-state index >= 15 is 0 Å². The van der Waals surface area contributed by atoms with E-state index in [2.05, 4.69) is 0 Å². The van der Waals surface area contributed by atoms with E-state index in [1.165, 1.54) is 6.92 Å². The Morgan fingerprint density at radius 2 is 2.10 bits per heavy atom. The zero-order chi connectivity index (χ0) is 15.4. The van der Waals surface area contributed by atoms with E-state index in [1.807, 2.05) is 0 Å². The zero-order valence-corrected chi connectivity index (χ0v) is 12.1. The van der Waals surface area contributed by atoms with Crippen LogP contribution in [0.5, 0.6) is 11.5 Å². The van der Waals surface area contributed by atoms with Gasteiger partial charge in [0.05, 0.1) is 5.25 Å². The van der Waals surface area contributed by atoms with Gasteiger partial charge in [0.2, 0.25) is 6.79 Å². The first-order valence-corrected chi connectivity index (χ1v) is 8.17. The molecule has 1 saturated carbocycles. The highest BCUT2D eigenvalue weighted by Crippen LogP contribution is 2.55. The molecule has 0 unspecified atom stereocenters. The van der Waals surface area contributed by atoms with E-state index in [0.29, 0.717) is 17.1 Å². The largest absolute Gasteiger partial charge is 0.480 e. The summed E-state index contributed by atoms with van der Waals surface area (Å²) >= 11 is 0. The average Bonchev–Trinajstić information content (AvgIpc) is 2.87. The highest BCUT2D eigenvalue weighted by atomic mass is 32.2. The summed E-state index contributed by atoms with van der Waals surface area (Å²) in [6.07, 6.45) is 0. The number of carbonyl (C=O) groups is 1. The lowest BCUT2D eigenvalue weighted by molar-refractivity contribution is -0.139. The smallest absolute Gasteiger partial charge is 0.325 e. The van der Waals surface area contributed by atoms with Crippen LogP contribution in [-0.4, -0.2) is 42.8 Å². The zero-order valence-electron chi connectivity index (χ0n) is 11.3. The summed E-state index contributed by atoms with van der Waals surface area (Å²) in [5.41, 5.74) is 4.61. The topological polar surface area (TPSA) is 116 Å². The molecule has 0 spiro atoms. The van der Waals surface area contributed by atoms with E-state index < -0.39 is 32.5 Å². The van der Waals surface area contributed by atoms with Gasteiger partial charge in [0, 0.05) is 11.7 Å². The third-order valence-corrected chi connectivity index (χ3v) is 6.34. The minimum atomic E-state index is -3.57. The molecule has 21 heavy (non-hydrogen) atoms. The Kier molecular flexibility index (Phi) is 2.93. The predicted octanol–water partition coefficient (Wildman–Crippen LogP) is 0.0979. The molecule has 1 fully saturated rings. The second kappa shape index (κ2) is 4.35. The third kappa shape index (κ3) is 1.90. The molecule has 1 heterocycles. The number of ether oxygens (including phenoxy) is 2. The maximum atomic E-state index is 12.1. The molecular weight excluding hydrogens is 298 g/mol. The number of rotatable bonds is 4. The molecule has 0 aromatic heterocycles. The second-order valence-electron chi connectivity index (χ2n) is 5.20. The van der Waals surface area contributed by atoms with Crippen molar-refractivity contribution in [3.8, 4) is 11.5 Å². The standard InChI is InChI=1S/C13H15NO6S/c1-2-21(17,18)11-10(13(11,14)12(15)16)7-3-4-8-9(5-7)20-6-19-8/h3-5,10-11H,2,6,14H2,1H3,(H,15,16)/t10-,11+,13+/m0/s1. The van der Waals surface area contributed by atoms with Crippen LogP contribution < -0.4 is 15.2 Å². The first-order valence-electron chi connectivity index (χ1n) is 6.45. The summed E-state index contributed by atoms with van der Waals surface area (Å²) in [4.78, 5) is 11.4. The van der Waals surface area contributed by atoms with Gasteiger partial charge in [-0.15, -0.1) is 0 Å². The van der Waals surface area contributed by atoms with Gasteiger partial charge in [-0.25, -0.2) is 8.42 Å². The van der Waals surface area contributed by atoms with Gasteiger partial charge in [-0.2, -0.15) is 0 Å². The van der Waals surface area contributed by atoms with Crippen LogP contribution in [0.15, 0.2) is 18.2 Å². The minimum Gasteiger partial charge on any atom is -0.480 e. The Bertz CT molecular complexity index is 715. The van der Waals surface area contributed by atoms with Crippen molar-refractivity contribution >= 4 is 15.8 Å². The molecule has 7 nitrogen and oxygen atoms in total. The molecule has 8 heteroatoms. The lowest BCUT2D eigenvalue weighted by atomic mass is 10.1. The molecule has 2 aliphatic rings. The third-order valence-electron chi connectivity index (χ3n) is 4.09. The SMILES string of the molecule is CCS(=O)(=O)[C@@H]1[C@H](c2ccc3c(c2)OCO3)[C@]1(N)C(=O)O. The van der Waals surface area contributed by atoms with Gasteiger partial charge in [0.25, 0.3) is 0 Å². The minimum absolute atomic E-state index is 0.0901. The van der Waals surface area contributed by atoms with Gasteiger partial charge >= 0.3 is 5.97 Å². The Morgan fingerprint density at radius 3 is 2.71 bits per heavy atom. The number of sulfone groups is 1.